The van der Waals surface area contributed by atoms with Crippen molar-refractivity contribution in [1.82, 2.24) is 0 Å². The molecule has 0 aliphatic heterocycles. The van der Waals surface area contributed by atoms with Crippen LogP contribution in [0.3, 0.4) is 0 Å². The Bertz CT molecular complexity index is 372. The SMILES string of the molecule is CCc1c(C)c(O)c(OC)c(OC)c1O. The maximum Gasteiger partial charge on any atom is 0.207 e. The second-order valence-electron chi connectivity index (χ2n) is 3.22. The van der Waals surface area contributed by atoms with Crippen molar-refractivity contribution >= 4 is 0 Å². The minimum Gasteiger partial charge on any atom is -0.504 e. The van der Waals surface area contributed by atoms with Crippen LogP contribution in [-0.2, 0) is 6.42 Å². The van der Waals surface area contributed by atoms with Gasteiger partial charge in [0.15, 0.2) is 11.5 Å². The zero-order valence-corrected chi connectivity index (χ0v) is 9.42. The van der Waals surface area contributed by atoms with E-state index < -0.39 is 0 Å². The minimum atomic E-state index is 0.0176. The second kappa shape index (κ2) is 4.29. The molecule has 0 bridgehead atoms. The van der Waals surface area contributed by atoms with E-state index in [1.807, 2.05) is 6.92 Å². The summed E-state index contributed by atoms with van der Waals surface area (Å²) in [5.41, 5.74) is 1.29. The maximum atomic E-state index is 9.89. The van der Waals surface area contributed by atoms with Crippen LogP contribution in [0.5, 0.6) is 23.0 Å². The Morgan fingerprint density at radius 2 is 1.47 bits per heavy atom. The Balaban J connectivity index is 3.57. The normalized spacial score (nSPS) is 10.1. The number of methoxy groups -OCH3 is 2. The highest BCUT2D eigenvalue weighted by molar-refractivity contribution is 5.65. The van der Waals surface area contributed by atoms with Crippen LogP contribution >= 0.6 is 0 Å². The fourth-order valence-electron chi connectivity index (χ4n) is 1.65. The van der Waals surface area contributed by atoms with Crippen LogP contribution < -0.4 is 9.47 Å². The highest BCUT2D eigenvalue weighted by Crippen LogP contribution is 2.48. The van der Waals surface area contributed by atoms with Gasteiger partial charge in [-0.25, -0.2) is 0 Å². The molecule has 0 aliphatic rings. The first-order valence-corrected chi connectivity index (χ1v) is 4.73. The number of phenols is 2. The molecule has 4 nitrogen and oxygen atoms in total. The first-order chi connectivity index (χ1) is 7.08. The van der Waals surface area contributed by atoms with Gasteiger partial charge in [-0.05, 0) is 13.3 Å². The van der Waals surface area contributed by atoms with Crippen LogP contribution in [-0.4, -0.2) is 24.4 Å². The Morgan fingerprint density at radius 3 is 1.87 bits per heavy atom. The minimum absolute atomic E-state index is 0.0176. The Kier molecular flexibility index (Phi) is 3.29. The molecule has 1 rings (SSSR count). The van der Waals surface area contributed by atoms with Crippen molar-refractivity contribution in [3.05, 3.63) is 11.1 Å². The number of benzene rings is 1. The second-order valence-corrected chi connectivity index (χ2v) is 3.22. The number of hydrogen-bond acceptors (Lipinski definition) is 4. The standard InChI is InChI=1S/C11H16O4/c1-5-7-6(2)8(12)10(14-3)11(15-4)9(7)13/h12-13H,5H2,1-4H3. The van der Waals surface area contributed by atoms with E-state index in [0.29, 0.717) is 17.5 Å². The van der Waals surface area contributed by atoms with E-state index in [9.17, 15) is 10.2 Å². The molecular weight excluding hydrogens is 196 g/mol. The Labute approximate surface area is 89.1 Å². The lowest BCUT2D eigenvalue weighted by molar-refractivity contribution is 0.314. The smallest absolute Gasteiger partial charge is 0.207 e. The van der Waals surface area contributed by atoms with Gasteiger partial charge in [-0.1, -0.05) is 6.92 Å². The van der Waals surface area contributed by atoms with Gasteiger partial charge in [-0.2, -0.15) is 0 Å². The van der Waals surface area contributed by atoms with Gasteiger partial charge in [0.1, 0.15) is 0 Å². The van der Waals surface area contributed by atoms with E-state index in [4.69, 9.17) is 9.47 Å². The first-order valence-electron chi connectivity index (χ1n) is 4.73. The van der Waals surface area contributed by atoms with Gasteiger partial charge < -0.3 is 19.7 Å². The number of aromatic hydroxyl groups is 2. The van der Waals surface area contributed by atoms with Crippen molar-refractivity contribution < 1.29 is 19.7 Å². The molecule has 0 heterocycles. The van der Waals surface area contributed by atoms with Crippen molar-refractivity contribution in [2.24, 2.45) is 0 Å². The maximum absolute atomic E-state index is 9.89. The molecule has 15 heavy (non-hydrogen) atoms. The summed E-state index contributed by atoms with van der Waals surface area (Å²) in [6, 6.07) is 0. The van der Waals surface area contributed by atoms with Crippen LogP contribution in [0.1, 0.15) is 18.1 Å². The lowest BCUT2D eigenvalue weighted by Gasteiger charge is -2.16. The summed E-state index contributed by atoms with van der Waals surface area (Å²) in [6.07, 6.45) is 0.617. The van der Waals surface area contributed by atoms with Crippen molar-refractivity contribution in [1.29, 1.82) is 0 Å². The lowest BCUT2D eigenvalue weighted by atomic mass is 10.0. The number of hydrogen-bond donors (Lipinski definition) is 2. The zero-order valence-electron chi connectivity index (χ0n) is 9.42. The molecule has 0 fully saturated rings. The summed E-state index contributed by atoms with van der Waals surface area (Å²) in [7, 11) is 2.84. The molecule has 84 valence electrons. The summed E-state index contributed by atoms with van der Waals surface area (Å²) in [6.45, 7) is 3.63. The molecule has 0 atom stereocenters. The molecule has 2 N–H and O–H groups in total. The highest BCUT2D eigenvalue weighted by atomic mass is 16.5. The predicted molar refractivity (Wildman–Crippen MR) is 57.0 cm³/mol. The first kappa shape index (κ1) is 11.5. The Hall–Kier alpha value is -1.58. The number of rotatable bonds is 3. The molecule has 4 heteroatoms. The van der Waals surface area contributed by atoms with Crippen LogP contribution in [0, 0.1) is 6.92 Å². The van der Waals surface area contributed by atoms with Gasteiger partial charge in [0, 0.05) is 11.1 Å². The zero-order chi connectivity index (χ0) is 11.6. The molecule has 1 aromatic rings. The van der Waals surface area contributed by atoms with Crippen LogP contribution in [0.25, 0.3) is 0 Å². The third-order valence-corrected chi connectivity index (χ3v) is 2.49. The predicted octanol–water partition coefficient (Wildman–Crippen LogP) is 1.99. The van der Waals surface area contributed by atoms with Gasteiger partial charge in [0.2, 0.25) is 11.5 Å². The molecule has 0 unspecified atom stereocenters. The summed E-state index contributed by atoms with van der Waals surface area (Å²) in [5.74, 6) is 0.401. The highest BCUT2D eigenvalue weighted by Gasteiger charge is 2.21. The van der Waals surface area contributed by atoms with Crippen molar-refractivity contribution in [3.8, 4) is 23.0 Å². The largest absolute Gasteiger partial charge is 0.504 e. The summed E-state index contributed by atoms with van der Waals surface area (Å²) >= 11 is 0. The van der Waals surface area contributed by atoms with Crippen LogP contribution in [0.2, 0.25) is 0 Å². The van der Waals surface area contributed by atoms with Crippen LogP contribution in [0.4, 0.5) is 0 Å². The lowest BCUT2D eigenvalue weighted by Crippen LogP contribution is -1.97. The van der Waals surface area contributed by atoms with Crippen molar-refractivity contribution in [2.75, 3.05) is 14.2 Å². The monoisotopic (exact) mass is 212 g/mol. The van der Waals surface area contributed by atoms with E-state index in [0.717, 1.165) is 0 Å². The quantitative estimate of drug-likeness (QED) is 0.752. The van der Waals surface area contributed by atoms with Gasteiger partial charge in [0.05, 0.1) is 14.2 Å². The fraction of sp³-hybridized carbons (Fsp3) is 0.455. The van der Waals surface area contributed by atoms with E-state index in [1.54, 1.807) is 6.92 Å². The fourth-order valence-corrected chi connectivity index (χ4v) is 1.65. The molecule has 0 amide bonds. The molecule has 1 aromatic carbocycles. The average Bonchev–Trinajstić information content (AvgIpc) is 2.23. The molecule has 0 spiro atoms. The molecular formula is C11H16O4. The van der Waals surface area contributed by atoms with Gasteiger partial charge >= 0.3 is 0 Å². The van der Waals surface area contributed by atoms with Crippen molar-refractivity contribution in [2.45, 2.75) is 20.3 Å². The van der Waals surface area contributed by atoms with Crippen molar-refractivity contribution in [3.63, 3.8) is 0 Å². The third kappa shape index (κ3) is 1.67. The third-order valence-electron chi connectivity index (χ3n) is 2.49. The molecule has 0 saturated carbocycles. The molecule has 0 saturated heterocycles. The van der Waals surface area contributed by atoms with Gasteiger partial charge in [-0.3, -0.25) is 0 Å². The van der Waals surface area contributed by atoms with E-state index >= 15 is 0 Å². The summed E-state index contributed by atoms with van der Waals surface area (Å²) in [5, 5.41) is 19.7. The van der Waals surface area contributed by atoms with Crippen LogP contribution in [0.15, 0.2) is 0 Å². The number of phenolic OH excluding ortho intramolecular Hbond substituents is 2. The van der Waals surface area contributed by atoms with Gasteiger partial charge in [-0.15, -0.1) is 0 Å². The van der Waals surface area contributed by atoms with Gasteiger partial charge in [0.25, 0.3) is 0 Å². The molecule has 0 aliphatic carbocycles. The average molecular weight is 212 g/mol. The topological polar surface area (TPSA) is 58.9 Å². The van der Waals surface area contributed by atoms with E-state index in [2.05, 4.69) is 0 Å². The molecule has 0 aromatic heterocycles. The summed E-state index contributed by atoms with van der Waals surface area (Å²) in [4.78, 5) is 0. The molecule has 0 radical (unpaired) electrons. The summed E-state index contributed by atoms with van der Waals surface area (Å²) < 4.78 is 10.0. The van der Waals surface area contributed by atoms with E-state index in [-0.39, 0.29) is 23.0 Å². The Morgan fingerprint density at radius 1 is 1.00 bits per heavy atom. The number of ether oxygens (including phenoxy) is 2. The van der Waals surface area contributed by atoms with E-state index in [1.165, 1.54) is 14.2 Å².